The number of carbonyl (C=O) groups excluding carboxylic acids is 2. The van der Waals surface area contributed by atoms with Crippen LogP contribution in [0.3, 0.4) is 0 Å². The molecule has 0 bridgehead atoms. The third-order valence-electron chi connectivity index (χ3n) is 5.52. The summed E-state index contributed by atoms with van der Waals surface area (Å²) in [6.45, 7) is 4.53. The molecule has 1 atom stereocenters. The lowest BCUT2D eigenvalue weighted by molar-refractivity contribution is -0.140. The molecule has 34 heavy (non-hydrogen) atoms. The van der Waals surface area contributed by atoms with Crippen LogP contribution in [0.2, 0.25) is 0 Å². The minimum atomic E-state index is -0.829. The number of benzene rings is 2. The molecule has 0 radical (unpaired) electrons. The van der Waals surface area contributed by atoms with E-state index in [0.717, 1.165) is 0 Å². The van der Waals surface area contributed by atoms with E-state index in [1.807, 2.05) is 13.8 Å². The van der Waals surface area contributed by atoms with Crippen molar-refractivity contribution in [3.63, 3.8) is 0 Å². The summed E-state index contributed by atoms with van der Waals surface area (Å²) in [4.78, 5) is 27.6. The number of ether oxygens (including phenoxy) is 4. The lowest BCUT2D eigenvalue weighted by Crippen LogP contribution is -2.31. The Bertz CT molecular complexity index is 1060. The molecular formula is C26H31NO7. The summed E-state index contributed by atoms with van der Waals surface area (Å²) >= 11 is 0. The van der Waals surface area contributed by atoms with Crippen LogP contribution >= 0.6 is 0 Å². The van der Waals surface area contributed by atoms with Crippen molar-refractivity contribution in [2.75, 3.05) is 34.5 Å². The Labute approximate surface area is 199 Å². The van der Waals surface area contributed by atoms with Crippen LogP contribution in [0.4, 0.5) is 0 Å². The topological polar surface area (TPSA) is 94.5 Å². The number of aliphatic hydroxyl groups excluding tert-OH is 1. The molecule has 1 aliphatic heterocycles. The van der Waals surface area contributed by atoms with Gasteiger partial charge in [-0.2, -0.15) is 0 Å². The number of ketones is 1. The molecular weight excluding hydrogens is 438 g/mol. The van der Waals surface area contributed by atoms with Crippen molar-refractivity contribution in [1.82, 2.24) is 4.90 Å². The number of methoxy groups -OCH3 is 3. The largest absolute Gasteiger partial charge is 0.507 e. The zero-order valence-corrected chi connectivity index (χ0v) is 20.2. The second-order valence-electron chi connectivity index (χ2n) is 8.14. The number of hydrogen-bond donors (Lipinski definition) is 1. The van der Waals surface area contributed by atoms with E-state index < -0.39 is 17.7 Å². The van der Waals surface area contributed by atoms with Crippen molar-refractivity contribution >= 4 is 17.4 Å². The van der Waals surface area contributed by atoms with Gasteiger partial charge in [0, 0.05) is 37.5 Å². The molecule has 2 aromatic rings. The SMILES string of the molecule is COCCCN1C(=O)C(=O)C(=C(O)c2ccc(OC(C)C)cc2)C1c1ccc(OC)cc1OC. The molecule has 8 nitrogen and oxygen atoms in total. The van der Waals surface area contributed by atoms with Crippen LogP contribution in [0.15, 0.2) is 48.0 Å². The van der Waals surface area contributed by atoms with Gasteiger partial charge in [-0.15, -0.1) is 0 Å². The smallest absolute Gasteiger partial charge is 0.295 e. The van der Waals surface area contributed by atoms with Gasteiger partial charge >= 0.3 is 0 Å². The third-order valence-corrected chi connectivity index (χ3v) is 5.52. The Morgan fingerprint density at radius 1 is 1.00 bits per heavy atom. The third kappa shape index (κ3) is 5.17. The van der Waals surface area contributed by atoms with E-state index in [-0.39, 0.29) is 24.0 Å². The Morgan fingerprint density at radius 2 is 1.68 bits per heavy atom. The number of Topliss-reactive ketones (excluding diaryl/α,β-unsaturated/α-hetero) is 1. The highest BCUT2D eigenvalue weighted by atomic mass is 16.5. The van der Waals surface area contributed by atoms with Crippen LogP contribution in [0.5, 0.6) is 17.2 Å². The summed E-state index contributed by atoms with van der Waals surface area (Å²) < 4.78 is 21.6. The van der Waals surface area contributed by atoms with Crippen molar-refractivity contribution in [2.24, 2.45) is 0 Å². The van der Waals surface area contributed by atoms with Crippen LogP contribution < -0.4 is 14.2 Å². The van der Waals surface area contributed by atoms with Gasteiger partial charge in [-0.25, -0.2) is 0 Å². The maximum atomic E-state index is 13.2. The van der Waals surface area contributed by atoms with Gasteiger partial charge in [0.2, 0.25) is 0 Å². The highest BCUT2D eigenvalue weighted by molar-refractivity contribution is 6.46. The molecule has 1 saturated heterocycles. The number of amides is 1. The normalized spacial score (nSPS) is 17.4. The molecule has 0 aliphatic carbocycles. The number of hydrogen-bond acceptors (Lipinski definition) is 7. The van der Waals surface area contributed by atoms with Crippen LogP contribution in [0.1, 0.15) is 37.4 Å². The van der Waals surface area contributed by atoms with Crippen molar-refractivity contribution < 1.29 is 33.6 Å². The average molecular weight is 470 g/mol. The van der Waals surface area contributed by atoms with E-state index in [0.29, 0.717) is 41.4 Å². The molecule has 0 saturated carbocycles. The Morgan fingerprint density at radius 3 is 2.26 bits per heavy atom. The molecule has 1 unspecified atom stereocenters. The molecule has 0 spiro atoms. The second kappa shape index (κ2) is 11.1. The Kier molecular flexibility index (Phi) is 8.17. The fourth-order valence-corrected chi connectivity index (χ4v) is 3.98. The van der Waals surface area contributed by atoms with E-state index in [2.05, 4.69) is 0 Å². The second-order valence-corrected chi connectivity index (χ2v) is 8.14. The lowest BCUT2D eigenvalue weighted by atomic mass is 9.94. The van der Waals surface area contributed by atoms with Crippen molar-refractivity contribution in [3.05, 3.63) is 59.2 Å². The maximum absolute atomic E-state index is 13.2. The van der Waals surface area contributed by atoms with Gasteiger partial charge in [0.25, 0.3) is 11.7 Å². The van der Waals surface area contributed by atoms with E-state index >= 15 is 0 Å². The fourth-order valence-electron chi connectivity index (χ4n) is 3.98. The predicted octanol–water partition coefficient (Wildman–Crippen LogP) is 3.95. The molecule has 1 amide bonds. The van der Waals surface area contributed by atoms with E-state index in [1.165, 1.54) is 19.1 Å². The maximum Gasteiger partial charge on any atom is 0.295 e. The zero-order valence-electron chi connectivity index (χ0n) is 20.2. The molecule has 8 heteroatoms. The first kappa shape index (κ1) is 25.1. The van der Waals surface area contributed by atoms with Gasteiger partial charge in [0.05, 0.1) is 31.9 Å². The predicted molar refractivity (Wildman–Crippen MR) is 127 cm³/mol. The first-order valence-corrected chi connectivity index (χ1v) is 11.1. The quantitative estimate of drug-likeness (QED) is 0.244. The molecule has 2 aromatic carbocycles. The molecule has 0 aromatic heterocycles. The Hall–Kier alpha value is -3.52. The molecule has 3 rings (SSSR count). The number of rotatable bonds is 10. The van der Waals surface area contributed by atoms with Crippen molar-refractivity contribution in [2.45, 2.75) is 32.4 Å². The minimum absolute atomic E-state index is 0.000547. The van der Waals surface area contributed by atoms with Crippen LogP contribution in [0, 0.1) is 0 Å². The average Bonchev–Trinajstić information content (AvgIpc) is 3.08. The Balaban J connectivity index is 2.13. The summed E-state index contributed by atoms with van der Waals surface area (Å²) in [5, 5.41) is 11.2. The first-order valence-electron chi connectivity index (χ1n) is 11.1. The molecule has 182 valence electrons. The summed E-state index contributed by atoms with van der Waals surface area (Å²) in [6, 6.07) is 11.1. The van der Waals surface area contributed by atoms with E-state index in [9.17, 15) is 14.7 Å². The summed E-state index contributed by atoms with van der Waals surface area (Å²) in [5.41, 5.74) is 0.980. The minimum Gasteiger partial charge on any atom is -0.507 e. The highest BCUT2D eigenvalue weighted by Gasteiger charge is 2.46. The number of likely N-dealkylation sites (tertiary alicyclic amines) is 1. The zero-order chi connectivity index (χ0) is 24.8. The van der Waals surface area contributed by atoms with Crippen LogP contribution in [0.25, 0.3) is 5.76 Å². The monoisotopic (exact) mass is 469 g/mol. The number of carbonyl (C=O) groups is 2. The number of aliphatic hydroxyl groups is 1. The summed E-state index contributed by atoms with van der Waals surface area (Å²) in [7, 11) is 4.62. The molecule has 1 heterocycles. The standard InChI is InChI=1S/C26H31NO7/c1-16(2)34-18-9-7-17(8-10-18)24(28)22-23(20-12-11-19(32-4)15-21(20)33-5)27(13-6-14-31-3)26(30)25(22)29/h7-12,15-16,23,28H,6,13-14H2,1-5H3. The van der Waals surface area contributed by atoms with Gasteiger partial charge in [-0.3, -0.25) is 9.59 Å². The lowest BCUT2D eigenvalue weighted by Gasteiger charge is -2.26. The highest BCUT2D eigenvalue weighted by Crippen LogP contribution is 2.43. The van der Waals surface area contributed by atoms with Crippen LogP contribution in [-0.4, -0.2) is 62.3 Å². The van der Waals surface area contributed by atoms with Crippen LogP contribution in [-0.2, 0) is 14.3 Å². The fraction of sp³-hybridized carbons (Fsp3) is 0.385. The molecule has 1 N–H and O–H groups in total. The van der Waals surface area contributed by atoms with Gasteiger partial charge in [0.1, 0.15) is 23.0 Å². The summed E-state index contributed by atoms with van der Waals surface area (Å²) in [6.07, 6.45) is 0.527. The number of nitrogens with zero attached hydrogens (tertiary/aromatic N) is 1. The van der Waals surface area contributed by atoms with Crippen molar-refractivity contribution in [1.29, 1.82) is 0 Å². The summed E-state index contributed by atoms with van der Waals surface area (Å²) in [5.74, 6) is -0.0423. The first-order chi connectivity index (χ1) is 16.3. The van der Waals surface area contributed by atoms with Gasteiger partial charge in [-0.05, 0) is 56.7 Å². The van der Waals surface area contributed by atoms with E-state index in [4.69, 9.17) is 18.9 Å². The van der Waals surface area contributed by atoms with Crippen molar-refractivity contribution in [3.8, 4) is 17.2 Å². The molecule has 1 fully saturated rings. The van der Waals surface area contributed by atoms with Gasteiger partial charge in [0.15, 0.2) is 0 Å². The molecule has 1 aliphatic rings. The van der Waals surface area contributed by atoms with Gasteiger partial charge in [-0.1, -0.05) is 0 Å². The van der Waals surface area contributed by atoms with Gasteiger partial charge < -0.3 is 29.0 Å². The van der Waals surface area contributed by atoms with E-state index in [1.54, 1.807) is 49.6 Å².